The SMILES string of the molecule is CCCCCC=CCN(C)C.F.F.F.F.[SiH4]. The molecule has 6 heteroatoms. The van der Waals surface area contributed by atoms with Crippen molar-refractivity contribution in [3.8, 4) is 0 Å². The van der Waals surface area contributed by atoms with Gasteiger partial charge in [0, 0.05) is 6.54 Å². The molecule has 0 aliphatic rings. The Morgan fingerprint density at radius 3 is 1.75 bits per heavy atom. The van der Waals surface area contributed by atoms with Gasteiger partial charge in [0.25, 0.3) is 0 Å². The van der Waals surface area contributed by atoms with Gasteiger partial charge in [-0.05, 0) is 37.9 Å². The van der Waals surface area contributed by atoms with Crippen LogP contribution in [0.25, 0.3) is 0 Å². The third kappa shape index (κ3) is 37.3. The van der Waals surface area contributed by atoms with Crippen LogP contribution in [0, 0.1) is 0 Å². The van der Waals surface area contributed by atoms with Crippen molar-refractivity contribution in [2.75, 3.05) is 20.6 Å². The van der Waals surface area contributed by atoms with E-state index in [-0.39, 0.29) is 29.8 Å². The van der Waals surface area contributed by atoms with Gasteiger partial charge in [0.2, 0.25) is 0 Å². The molecule has 0 aromatic rings. The van der Waals surface area contributed by atoms with Gasteiger partial charge < -0.3 is 4.90 Å². The van der Waals surface area contributed by atoms with E-state index in [0.29, 0.717) is 0 Å². The molecule has 0 fully saturated rings. The molecular weight excluding hydrogens is 238 g/mol. The Hall–Kier alpha value is -0.363. The molecule has 0 N–H and O–H groups in total. The van der Waals surface area contributed by atoms with E-state index < -0.39 is 0 Å². The van der Waals surface area contributed by atoms with Crippen LogP contribution in [0.4, 0.5) is 18.8 Å². The van der Waals surface area contributed by atoms with Gasteiger partial charge in [-0.3, -0.25) is 18.8 Å². The van der Waals surface area contributed by atoms with Gasteiger partial charge in [0.15, 0.2) is 0 Å². The maximum atomic E-state index is 2.29. The van der Waals surface area contributed by atoms with Crippen LogP contribution in [0.3, 0.4) is 0 Å². The van der Waals surface area contributed by atoms with Crippen LogP contribution in [0.1, 0.15) is 32.6 Å². The average Bonchev–Trinajstić information content (AvgIpc) is 1.96. The monoisotopic (exact) mass is 267 g/mol. The quantitative estimate of drug-likeness (QED) is 0.307. The van der Waals surface area contributed by atoms with Gasteiger partial charge in [0.05, 0.1) is 0 Å². The number of hydrogen-bond acceptors (Lipinski definition) is 1. The Morgan fingerprint density at radius 2 is 1.38 bits per heavy atom. The van der Waals surface area contributed by atoms with Gasteiger partial charge in [0.1, 0.15) is 0 Å². The maximum absolute atomic E-state index is 2.29. The molecule has 0 aromatic heterocycles. The van der Waals surface area contributed by atoms with Crippen LogP contribution in [0.2, 0.25) is 0 Å². The zero-order valence-corrected chi connectivity index (χ0v) is 9.77. The highest BCUT2D eigenvalue weighted by molar-refractivity contribution is 5.75. The third-order valence-corrected chi connectivity index (χ3v) is 1.61. The molecule has 0 saturated carbocycles. The molecule has 0 heterocycles. The van der Waals surface area contributed by atoms with Crippen molar-refractivity contribution in [1.82, 2.24) is 4.90 Å². The zero-order valence-electron chi connectivity index (χ0n) is 9.77. The predicted molar refractivity (Wildman–Crippen MR) is 73.2 cm³/mol. The number of allylic oxidation sites excluding steroid dienone is 1. The summed E-state index contributed by atoms with van der Waals surface area (Å²) in [5.41, 5.74) is 0. The van der Waals surface area contributed by atoms with E-state index in [0.717, 1.165) is 6.54 Å². The van der Waals surface area contributed by atoms with Gasteiger partial charge in [-0.1, -0.05) is 31.9 Å². The molecule has 0 rings (SSSR count). The fraction of sp³-hybridized carbons (Fsp3) is 0.800. The molecule has 0 aromatic carbocycles. The van der Waals surface area contributed by atoms with Crippen molar-refractivity contribution in [3.63, 3.8) is 0 Å². The van der Waals surface area contributed by atoms with Gasteiger partial charge in [-0.25, -0.2) is 0 Å². The summed E-state index contributed by atoms with van der Waals surface area (Å²) in [6, 6.07) is 0. The first-order valence-corrected chi connectivity index (χ1v) is 4.57. The van der Waals surface area contributed by atoms with Crippen molar-refractivity contribution in [2.24, 2.45) is 0 Å². The predicted octanol–water partition coefficient (Wildman–Crippen LogP) is 1.84. The zero-order chi connectivity index (χ0) is 8.53. The lowest BCUT2D eigenvalue weighted by Gasteiger charge is -2.03. The number of likely N-dealkylation sites (N-methyl/N-ethyl adjacent to an activating group) is 1. The van der Waals surface area contributed by atoms with E-state index in [1.807, 2.05) is 0 Å². The normalized spacial score (nSPS) is 8.00. The smallest absolute Gasteiger partial charge is 0.0157 e. The van der Waals surface area contributed by atoms with E-state index in [1.165, 1.54) is 25.7 Å². The number of unbranched alkanes of at least 4 members (excludes halogenated alkanes) is 3. The van der Waals surface area contributed by atoms with Crippen LogP contribution in [0.15, 0.2) is 12.2 Å². The Labute approximate surface area is 101 Å². The second kappa shape index (κ2) is 29.3. The van der Waals surface area contributed by atoms with Crippen molar-refractivity contribution >= 4 is 11.0 Å². The Kier molecular flexibility index (Phi) is 66.1. The van der Waals surface area contributed by atoms with Crippen LogP contribution < -0.4 is 0 Å². The first-order chi connectivity index (χ1) is 5.27. The molecule has 1 nitrogen and oxygen atoms in total. The van der Waals surface area contributed by atoms with E-state index in [9.17, 15) is 0 Å². The van der Waals surface area contributed by atoms with Crippen LogP contribution >= 0.6 is 0 Å². The number of halogens is 4. The minimum Gasteiger partial charge on any atom is -0.306 e. The van der Waals surface area contributed by atoms with Gasteiger partial charge >= 0.3 is 0 Å². The van der Waals surface area contributed by atoms with E-state index in [1.54, 1.807) is 0 Å². The molecule has 0 spiro atoms. The Bertz CT molecular complexity index is 113. The summed E-state index contributed by atoms with van der Waals surface area (Å²) in [7, 11) is 4.19. The highest BCUT2D eigenvalue weighted by atomic mass is 28.1. The first-order valence-electron chi connectivity index (χ1n) is 4.57. The number of nitrogens with zero attached hydrogens (tertiary/aromatic N) is 1. The second-order valence-corrected chi connectivity index (χ2v) is 3.23. The summed E-state index contributed by atoms with van der Waals surface area (Å²) in [5, 5.41) is 0. The molecular formula is C10H29F4NSi. The molecule has 0 radical (unpaired) electrons. The van der Waals surface area contributed by atoms with Gasteiger partial charge in [-0.15, -0.1) is 0 Å². The molecule has 0 aliphatic heterocycles. The van der Waals surface area contributed by atoms with E-state index in [4.69, 9.17) is 0 Å². The second-order valence-electron chi connectivity index (χ2n) is 3.23. The summed E-state index contributed by atoms with van der Waals surface area (Å²) < 4.78 is 0. The molecule has 16 heavy (non-hydrogen) atoms. The van der Waals surface area contributed by atoms with Crippen molar-refractivity contribution in [3.05, 3.63) is 12.2 Å². The summed E-state index contributed by atoms with van der Waals surface area (Å²) in [4.78, 5) is 2.18. The van der Waals surface area contributed by atoms with Crippen LogP contribution in [-0.2, 0) is 0 Å². The Morgan fingerprint density at radius 1 is 0.875 bits per heavy atom. The standard InChI is InChI=1S/C10H21N.4FH.H4Si/c1-4-5-6-7-8-9-10-11(2)3;;;;;/h8-9H,4-7,10H2,1-3H3;4*1H;1H4. The number of rotatable bonds is 6. The average molecular weight is 267 g/mol. The van der Waals surface area contributed by atoms with Crippen LogP contribution in [-0.4, -0.2) is 36.5 Å². The fourth-order valence-corrected chi connectivity index (χ4v) is 0.915. The van der Waals surface area contributed by atoms with E-state index in [2.05, 4.69) is 38.1 Å². The molecule has 106 valence electrons. The van der Waals surface area contributed by atoms with Crippen molar-refractivity contribution in [1.29, 1.82) is 0 Å². The van der Waals surface area contributed by atoms with E-state index >= 15 is 0 Å². The molecule has 0 amide bonds. The molecule has 0 saturated heterocycles. The highest BCUT2D eigenvalue weighted by Crippen LogP contribution is 1.99. The molecule has 0 atom stereocenters. The topological polar surface area (TPSA) is 3.24 Å². The molecule has 0 bridgehead atoms. The summed E-state index contributed by atoms with van der Waals surface area (Å²) >= 11 is 0. The lowest BCUT2D eigenvalue weighted by molar-refractivity contribution is 0.456. The minimum absolute atomic E-state index is 0. The summed E-state index contributed by atoms with van der Waals surface area (Å²) in [6.07, 6.45) is 9.82. The lowest BCUT2D eigenvalue weighted by atomic mass is 10.2. The largest absolute Gasteiger partial charge is 0.306 e. The number of hydrogen-bond donors (Lipinski definition) is 0. The van der Waals surface area contributed by atoms with Crippen LogP contribution in [0.5, 0.6) is 0 Å². The van der Waals surface area contributed by atoms with Gasteiger partial charge in [-0.2, -0.15) is 0 Å². The van der Waals surface area contributed by atoms with Crippen molar-refractivity contribution in [2.45, 2.75) is 32.6 Å². The first kappa shape index (κ1) is 36.1. The highest BCUT2D eigenvalue weighted by Gasteiger charge is 1.83. The Balaban J connectivity index is -0.0000000500. The third-order valence-electron chi connectivity index (χ3n) is 1.61. The summed E-state index contributed by atoms with van der Waals surface area (Å²) in [6.45, 7) is 3.32. The summed E-state index contributed by atoms with van der Waals surface area (Å²) in [5.74, 6) is 0. The molecule has 0 aliphatic carbocycles. The van der Waals surface area contributed by atoms with Crippen molar-refractivity contribution < 1.29 is 18.8 Å². The fourth-order valence-electron chi connectivity index (χ4n) is 0.915. The minimum atomic E-state index is 0. The lowest BCUT2D eigenvalue weighted by Crippen LogP contribution is -2.10. The maximum Gasteiger partial charge on any atom is 0.0157 e. The molecule has 0 unspecified atom stereocenters.